The fraction of sp³-hybridized carbons (Fsp3) is 0.279. The maximum absolute atomic E-state index is 13.3. The van der Waals surface area contributed by atoms with Crippen LogP contribution in [0.4, 0.5) is 34.8 Å². The lowest BCUT2D eigenvalue weighted by Crippen LogP contribution is -2.54. The third-order valence-corrected chi connectivity index (χ3v) is 8.72. The molecule has 2 aliphatic heterocycles. The Kier molecular flexibility index (Phi) is 24.1. The number of aromatic carboxylic acids is 1. The van der Waals surface area contributed by atoms with Gasteiger partial charge in [0, 0.05) is 50.0 Å². The summed E-state index contributed by atoms with van der Waals surface area (Å²) in [5, 5.41) is 29.4. The second kappa shape index (κ2) is 28.0. The van der Waals surface area contributed by atoms with E-state index in [0.29, 0.717) is 42.5 Å². The van der Waals surface area contributed by atoms with Gasteiger partial charge in [0.05, 0.1) is 48.2 Å². The van der Waals surface area contributed by atoms with E-state index in [1.165, 1.54) is 43.1 Å². The van der Waals surface area contributed by atoms with Gasteiger partial charge in [-0.05, 0) is 49.2 Å². The molecule has 5 N–H and O–H groups in total. The lowest BCUT2D eigenvalue weighted by molar-refractivity contribution is 0.0690. The number of nitrogen functional groups attached to an aromatic ring is 1. The summed E-state index contributed by atoms with van der Waals surface area (Å²) >= 11 is 5.36. The van der Waals surface area contributed by atoms with E-state index in [1.54, 1.807) is 12.3 Å². The van der Waals surface area contributed by atoms with Crippen molar-refractivity contribution in [1.29, 1.82) is 0 Å². The Morgan fingerprint density at radius 2 is 1.29 bits per heavy atom. The smallest absolute Gasteiger partial charge is 0.357 e. The van der Waals surface area contributed by atoms with Gasteiger partial charge in [0.2, 0.25) is 0 Å². The largest absolute Gasteiger partial charge is 1.00 e. The number of rotatable bonds is 10. The van der Waals surface area contributed by atoms with Crippen LogP contribution in [-0.2, 0) is 12.8 Å². The zero-order valence-electron chi connectivity index (χ0n) is 34.6. The monoisotopic (exact) mass is 936 g/mol. The summed E-state index contributed by atoms with van der Waals surface area (Å²) in [6.07, 6.45) is 9.97. The van der Waals surface area contributed by atoms with Gasteiger partial charge in [-0.2, -0.15) is 20.4 Å². The van der Waals surface area contributed by atoms with Gasteiger partial charge >= 0.3 is 5.97 Å². The zero-order valence-corrected chi connectivity index (χ0v) is 35.4. The zero-order chi connectivity index (χ0) is 44.6. The van der Waals surface area contributed by atoms with Crippen molar-refractivity contribution in [2.24, 2.45) is 0 Å². The molecule has 2 aromatic carbocycles. The number of anilines is 3. The highest BCUT2D eigenvalue weighted by atomic mass is 35.5. The van der Waals surface area contributed by atoms with Crippen molar-refractivity contribution in [3.8, 4) is 11.5 Å². The van der Waals surface area contributed by atoms with Crippen LogP contribution in [0.1, 0.15) is 61.1 Å². The highest BCUT2D eigenvalue weighted by Gasteiger charge is 2.33. The van der Waals surface area contributed by atoms with E-state index in [2.05, 4.69) is 51.0 Å². The molecule has 17 nitrogen and oxygen atoms in total. The number of halogens is 5. The number of nitrogens with two attached hydrogens (primary N) is 1. The Morgan fingerprint density at radius 3 is 1.76 bits per heavy atom. The van der Waals surface area contributed by atoms with E-state index in [9.17, 15) is 27.2 Å². The van der Waals surface area contributed by atoms with E-state index in [4.69, 9.17) is 31.9 Å². The number of carboxylic acids is 1. The third kappa shape index (κ3) is 16.8. The molecule has 0 saturated carbocycles. The molecular formula is C43H50BClF4N12O5-2. The number of nitrogens with zero attached hydrogens (tertiary/aromatic N) is 9. The fourth-order valence-corrected chi connectivity index (χ4v) is 5.33. The third-order valence-electron chi connectivity index (χ3n) is 8.44. The topological polar surface area (TPSA) is 229 Å². The Labute approximate surface area is 387 Å². The van der Waals surface area contributed by atoms with E-state index in [-0.39, 0.29) is 65.2 Å². The van der Waals surface area contributed by atoms with Crippen molar-refractivity contribution in [2.75, 3.05) is 42.1 Å². The Balaban J connectivity index is 0.000000501. The molecule has 6 aromatic rings. The Hall–Kier alpha value is -7.07. The number of hydrogen-bond donors (Lipinski definition) is 4. The molecule has 0 unspecified atom stereocenters. The van der Waals surface area contributed by atoms with E-state index < -0.39 is 35.1 Å². The number of carboxylic acid groups (broad SMARTS) is 1. The number of nitrogens with one attached hydrogen (secondary N) is 2. The highest BCUT2D eigenvalue weighted by Crippen LogP contribution is 2.26. The number of hydrogen-bond acceptors (Lipinski definition) is 15. The molecule has 1 amide bonds. The van der Waals surface area contributed by atoms with E-state index in [1.807, 2.05) is 24.8 Å². The van der Waals surface area contributed by atoms with Crippen molar-refractivity contribution in [2.45, 2.75) is 53.8 Å². The minimum absolute atomic E-state index is 0. The molecule has 2 saturated heterocycles. The van der Waals surface area contributed by atoms with Gasteiger partial charge in [0.25, 0.3) is 5.91 Å². The van der Waals surface area contributed by atoms with Crippen LogP contribution in [0, 0.1) is 30.7 Å². The summed E-state index contributed by atoms with van der Waals surface area (Å²) in [4.78, 5) is 40.2. The molecule has 4 radical (unpaired) electrons. The minimum Gasteiger partial charge on any atom is -1.00 e. The van der Waals surface area contributed by atoms with Crippen LogP contribution in [0.15, 0.2) is 85.7 Å². The summed E-state index contributed by atoms with van der Waals surface area (Å²) in [5.74, 6) is -4.16. The van der Waals surface area contributed by atoms with Crippen molar-refractivity contribution < 1.29 is 41.7 Å². The molecule has 0 bridgehead atoms. The van der Waals surface area contributed by atoms with Gasteiger partial charge in [0.1, 0.15) is 23.7 Å². The molecule has 352 valence electrons. The molecule has 6 heterocycles. The molecule has 2 aliphatic rings. The number of aryl methyl sites for hydroxylation is 2. The van der Waals surface area contributed by atoms with E-state index in [0.717, 1.165) is 55.2 Å². The Morgan fingerprint density at radius 1 is 0.773 bits per heavy atom. The van der Waals surface area contributed by atoms with Crippen LogP contribution in [0.2, 0.25) is 5.15 Å². The first kappa shape index (κ1) is 57.0. The molecule has 8 rings (SSSR count). The minimum atomic E-state index is -1.17. The van der Waals surface area contributed by atoms with Crippen LogP contribution in [-0.4, -0.2) is 104 Å². The normalized spacial score (nSPS) is 12.2. The highest BCUT2D eigenvalue weighted by molar-refractivity contribution is 6.31. The molecule has 2 fully saturated rings. The summed E-state index contributed by atoms with van der Waals surface area (Å²) in [6.45, 7) is 6.34. The van der Waals surface area contributed by atoms with Crippen LogP contribution in [0.5, 0.6) is 11.5 Å². The lowest BCUT2D eigenvalue weighted by atomic mass is 10.1. The molecule has 0 spiro atoms. The van der Waals surface area contributed by atoms with Gasteiger partial charge in [0.15, 0.2) is 45.6 Å². The maximum Gasteiger partial charge on any atom is 0.357 e. The summed E-state index contributed by atoms with van der Waals surface area (Å²) in [5.41, 5.74) is 8.28. The SMILES string of the molecule is C.C.CCc1cc(N)cnn1.CCc1cc(NC(=O)c2nccnc2N2CC(Oc3ccc(F)c(F)c3)C2)cnn1.Fc1ccc(OC2CNC2)cc1F.O=C(O)c1nccnc1Cl.[B-].[CH3-]. The van der Waals surface area contributed by atoms with Gasteiger partial charge < -0.3 is 51.7 Å². The molecule has 4 aromatic heterocycles. The summed E-state index contributed by atoms with van der Waals surface area (Å²) < 4.78 is 62.5. The molecule has 0 aliphatic carbocycles. The van der Waals surface area contributed by atoms with Crippen molar-refractivity contribution in [1.82, 2.24) is 45.6 Å². The number of amides is 1. The van der Waals surface area contributed by atoms with Crippen LogP contribution < -0.4 is 30.7 Å². The number of benzene rings is 2. The van der Waals surface area contributed by atoms with Gasteiger partial charge in [-0.3, -0.25) is 4.79 Å². The maximum atomic E-state index is 13.3. The van der Waals surface area contributed by atoms with Gasteiger partial charge in [-0.15, -0.1) is 0 Å². The summed E-state index contributed by atoms with van der Waals surface area (Å²) in [6, 6.07) is 10.5. The predicted octanol–water partition coefficient (Wildman–Crippen LogP) is 6.73. The van der Waals surface area contributed by atoms with E-state index >= 15 is 0 Å². The molecule has 66 heavy (non-hydrogen) atoms. The second-order valence-corrected chi connectivity index (χ2v) is 13.4. The Bertz CT molecular complexity index is 2460. The lowest BCUT2D eigenvalue weighted by Gasteiger charge is -2.40. The fourth-order valence-electron chi connectivity index (χ4n) is 5.15. The van der Waals surface area contributed by atoms with Crippen LogP contribution in [0.3, 0.4) is 0 Å². The molecule has 23 heteroatoms. The predicted molar refractivity (Wildman–Crippen MR) is 243 cm³/mol. The number of carbonyl (C=O) groups excluding carboxylic acids is 1. The number of aromatic nitrogens is 8. The number of carbonyl (C=O) groups is 2. The molecule has 0 atom stereocenters. The number of ether oxygens (including phenoxy) is 2. The first-order valence-electron chi connectivity index (χ1n) is 18.7. The molecular weight excluding hydrogens is 887 g/mol. The van der Waals surface area contributed by atoms with Crippen LogP contribution >= 0.6 is 11.6 Å². The van der Waals surface area contributed by atoms with Gasteiger partial charge in [-0.25, -0.2) is 42.3 Å². The van der Waals surface area contributed by atoms with Crippen molar-refractivity contribution in [3.05, 3.63) is 144 Å². The first-order chi connectivity index (χ1) is 29.8. The average Bonchev–Trinajstić information content (AvgIpc) is 3.24. The summed E-state index contributed by atoms with van der Waals surface area (Å²) in [7, 11) is 0. The quantitative estimate of drug-likeness (QED) is 0.0634. The first-order valence-corrected chi connectivity index (χ1v) is 19.1. The average molecular weight is 937 g/mol. The van der Waals surface area contributed by atoms with Crippen molar-refractivity contribution >= 4 is 49.1 Å². The van der Waals surface area contributed by atoms with Crippen LogP contribution in [0.25, 0.3) is 0 Å². The van der Waals surface area contributed by atoms with Gasteiger partial charge in [-0.1, -0.05) is 40.3 Å². The standard InChI is InChI=1S/C20H18F2N6O2.C9H9F2NO.C6H9N3.C5H3ClN2O2.2CH4.CH3.B/c1-2-12-7-13(9-25-27-12)26-20(29)18-19(24-6-5-23-18)28-10-15(11-28)30-14-3-4-16(21)17(22)8-14;10-8-2-1-6(3-9(8)11)13-7-4-12-5-7;1-2-6-3-5(7)4-8-9-6;6-4-3(5(9)10)7-1-2-8-4;;;;/h3-9,15H,2,10-11H2,1H3,(H,26,27,29);1-3,7,12H,4-5H2;3-4H,2H2,1H3,(H2,7,9);1-2H,(H,9,10);2*1H4;1H3;/q;;;;;;2*-1. The second-order valence-electron chi connectivity index (χ2n) is 13.0. The van der Waals surface area contributed by atoms with Crippen molar-refractivity contribution in [3.63, 3.8) is 0 Å².